The van der Waals surface area contributed by atoms with Gasteiger partial charge >= 0.3 is 0 Å². The maximum Gasteiger partial charge on any atom is 0.241 e. The third-order valence-electron chi connectivity index (χ3n) is 2.67. The highest BCUT2D eigenvalue weighted by Crippen LogP contribution is 2.19. The van der Waals surface area contributed by atoms with Gasteiger partial charge in [0.15, 0.2) is 0 Å². The number of anilines is 1. The molecule has 3 N–H and O–H groups in total. The van der Waals surface area contributed by atoms with E-state index in [1.165, 1.54) is 0 Å². The van der Waals surface area contributed by atoms with Gasteiger partial charge in [0.2, 0.25) is 5.91 Å². The van der Waals surface area contributed by atoms with Crippen LogP contribution in [0.3, 0.4) is 0 Å². The topological polar surface area (TPSA) is 55.1 Å². The Labute approximate surface area is 111 Å². The van der Waals surface area contributed by atoms with E-state index in [0.29, 0.717) is 0 Å². The number of amides is 1. The van der Waals surface area contributed by atoms with Gasteiger partial charge in [-0.3, -0.25) is 4.79 Å². The number of carbonyl (C=O) groups is 1. The average molecular weight is 250 g/mol. The van der Waals surface area contributed by atoms with Crippen LogP contribution in [-0.4, -0.2) is 11.9 Å². The van der Waals surface area contributed by atoms with Crippen molar-refractivity contribution in [1.29, 1.82) is 0 Å². The van der Waals surface area contributed by atoms with Gasteiger partial charge in [-0.1, -0.05) is 45.4 Å². The van der Waals surface area contributed by atoms with Crippen LogP contribution < -0.4 is 11.1 Å². The van der Waals surface area contributed by atoms with Gasteiger partial charge in [0.25, 0.3) is 0 Å². The molecule has 3 nitrogen and oxygen atoms in total. The molecule has 0 fully saturated rings. The molecule has 0 aliphatic heterocycles. The Bertz CT molecular complexity index is 355. The van der Waals surface area contributed by atoms with Gasteiger partial charge in [-0.05, 0) is 31.4 Å². The number of hydrogen-bond donors (Lipinski definition) is 2. The van der Waals surface area contributed by atoms with Crippen LogP contribution in [0.2, 0.25) is 0 Å². The van der Waals surface area contributed by atoms with Crippen LogP contribution in [-0.2, 0) is 4.79 Å². The number of para-hydroxylation sites is 1. The molecule has 0 aliphatic carbocycles. The zero-order valence-electron chi connectivity index (χ0n) is 12.2. The molecular formula is C15H26N2O. The van der Waals surface area contributed by atoms with Crippen molar-refractivity contribution in [2.45, 2.75) is 53.5 Å². The Morgan fingerprint density at radius 1 is 1.28 bits per heavy atom. The van der Waals surface area contributed by atoms with E-state index < -0.39 is 6.04 Å². The molecular weight excluding hydrogens is 224 g/mol. The summed E-state index contributed by atoms with van der Waals surface area (Å²) in [6.45, 7) is 9.98. The predicted octanol–water partition coefficient (Wildman–Crippen LogP) is 3.40. The van der Waals surface area contributed by atoms with Crippen LogP contribution >= 0.6 is 0 Å². The molecule has 1 aromatic carbocycles. The second kappa shape index (κ2) is 8.70. The lowest BCUT2D eigenvalue weighted by Gasteiger charge is -2.14. The van der Waals surface area contributed by atoms with Gasteiger partial charge in [0.05, 0.1) is 6.04 Å². The Hall–Kier alpha value is -1.35. The molecule has 18 heavy (non-hydrogen) atoms. The molecule has 0 aliphatic rings. The monoisotopic (exact) mass is 250 g/mol. The molecule has 1 unspecified atom stereocenters. The summed E-state index contributed by atoms with van der Waals surface area (Å²) in [5, 5.41) is 2.90. The molecule has 0 heterocycles. The standard InChI is InChI=1S/C13H20N2O.C2H6/c1-4-6-11(14)13(16)15-12-9(2)7-5-8-10(12)3;1-2/h5,7-8,11H,4,6,14H2,1-3H3,(H,15,16);1-2H3. The Morgan fingerprint density at radius 3 is 2.22 bits per heavy atom. The van der Waals surface area contributed by atoms with Crippen LogP contribution in [0.5, 0.6) is 0 Å². The van der Waals surface area contributed by atoms with Crippen LogP contribution in [0, 0.1) is 13.8 Å². The van der Waals surface area contributed by atoms with Crippen molar-refractivity contribution in [3.63, 3.8) is 0 Å². The molecule has 0 saturated carbocycles. The second-order valence-electron chi connectivity index (χ2n) is 4.15. The van der Waals surface area contributed by atoms with Gasteiger partial charge < -0.3 is 11.1 Å². The molecule has 102 valence electrons. The van der Waals surface area contributed by atoms with E-state index in [2.05, 4.69) is 5.32 Å². The molecule has 0 spiro atoms. The fourth-order valence-corrected chi connectivity index (χ4v) is 1.67. The summed E-state index contributed by atoms with van der Waals surface area (Å²) in [6.07, 6.45) is 1.64. The third kappa shape index (κ3) is 4.88. The van der Waals surface area contributed by atoms with Crippen LogP contribution in [0.1, 0.15) is 44.7 Å². The number of aryl methyl sites for hydroxylation is 2. The summed E-state index contributed by atoms with van der Waals surface area (Å²) in [4.78, 5) is 11.8. The highest BCUT2D eigenvalue weighted by atomic mass is 16.2. The van der Waals surface area contributed by atoms with Crippen LogP contribution in [0.4, 0.5) is 5.69 Å². The molecule has 0 aromatic heterocycles. The highest BCUT2D eigenvalue weighted by molar-refractivity contribution is 5.95. The first-order valence-corrected chi connectivity index (χ1v) is 6.69. The lowest BCUT2D eigenvalue weighted by atomic mass is 10.1. The fraction of sp³-hybridized carbons (Fsp3) is 0.533. The number of hydrogen-bond acceptors (Lipinski definition) is 2. The summed E-state index contributed by atoms with van der Waals surface area (Å²) in [6, 6.07) is 5.53. The summed E-state index contributed by atoms with van der Waals surface area (Å²) in [5.41, 5.74) is 8.79. The Morgan fingerprint density at radius 2 is 1.78 bits per heavy atom. The largest absolute Gasteiger partial charge is 0.324 e. The summed E-state index contributed by atoms with van der Waals surface area (Å²) < 4.78 is 0. The third-order valence-corrected chi connectivity index (χ3v) is 2.67. The fourth-order valence-electron chi connectivity index (χ4n) is 1.67. The summed E-state index contributed by atoms with van der Waals surface area (Å²) >= 11 is 0. The highest BCUT2D eigenvalue weighted by Gasteiger charge is 2.14. The number of benzene rings is 1. The summed E-state index contributed by atoms with van der Waals surface area (Å²) in [5.74, 6) is -0.0979. The SMILES string of the molecule is CC.CCCC(N)C(=O)Nc1c(C)cccc1C. The molecule has 0 radical (unpaired) electrons. The van der Waals surface area contributed by atoms with Gasteiger partial charge in [-0.25, -0.2) is 0 Å². The minimum atomic E-state index is -0.413. The van der Waals surface area contributed by atoms with Crippen molar-refractivity contribution in [2.24, 2.45) is 5.73 Å². The van der Waals surface area contributed by atoms with E-state index >= 15 is 0 Å². The van der Waals surface area contributed by atoms with E-state index in [9.17, 15) is 4.79 Å². The predicted molar refractivity (Wildman–Crippen MR) is 78.8 cm³/mol. The van der Waals surface area contributed by atoms with Crippen molar-refractivity contribution < 1.29 is 4.79 Å². The van der Waals surface area contributed by atoms with Gasteiger partial charge in [0, 0.05) is 5.69 Å². The van der Waals surface area contributed by atoms with Gasteiger partial charge in [-0.15, -0.1) is 0 Å². The molecule has 0 bridgehead atoms. The second-order valence-corrected chi connectivity index (χ2v) is 4.15. The van der Waals surface area contributed by atoms with E-state index in [0.717, 1.165) is 29.7 Å². The van der Waals surface area contributed by atoms with E-state index in [1.807, 2.05) is 52.8 Å². The molecule has 0 saturated heterocycles. The summed E-state index contributed by atoms with van der Waals surface area (Å²) in [7, 11) is 0. The lowest BCUT2D eigenvalue weighted by molar-refractivity contribution is -0.117. The van der Waals surface area contributed by atoms with E-state index in [1.54, 1.807) is 0 Å². The number of rotatable bonds is 4. The van der Waals surface area contributed by atoms with Gasteiger partial charge in [0.1, 0.15) is 0 Å². The number of nitrogens with one attached hydrogen (secondary N) is 1. The average Bonchev–Trinajstić information content (AvgIpc) is 2.36. The lowest BCUT2D eigenvalue weighted by Crippen LogP contribution is -2.35. The number of carbonyl (C=O) groups excluding carboxylic acids is 1. The quantitative estimate of drug-likeness (QED) is 0.860. The molecule has 1 atom stereocenters. The van der Waals surface area contributed by atoms with E-state index in [4.69, 9.17) is 5.73 Å². The normalized spacial score (nSPS) is 11.2. The molecule has 1 aromatic rings. The van der Waals surface area contributed by atoms with Crippen LogP contribution in [0.25, 0.3) is 0 Å². The maximum atomic E-state index is 11.8. The van der Waals surface area contributed by atoms with E-state index in [-0.39, 0.29) is 5.91 Å². The molecule has 3 heteroatoms. The zero-order valence-corrected chi connectivity index (χ0v) is 12.2. The first-order valence-electron chi connectivity index (χ1n) is 6.69. The molecule has 1 amide bonds. The zero-order chi connectivity index (χ0) is 14.1. The Kier molecular flexibility index (Phi) is 8.05. The minimum absolute atomic E-state index is 0.0979. The van der Waals surface area contributed by atoms with Crippen molar-refractivity contribution in [1.82, 2.24) is 0 Å². The minimum Gasteiger partial charge on any atom is -0.324 e. The molecule has 1 rings (SSSR count). The number of nitrogens with two attached hydrogens (primary N) is 1. The van der Waals surface area contributed by atoms with Crippen molar-refractivity contribution in [3.05, 3.63) is 29.3 Å². The van der Waals surface area contributed by atoms with Crippen LogP contribution in [0.15, 0.2) is 18.2 Å². The van der Waals surface area contributed by atoms with Gasteiger partial charge in [-0.2, -0.15) is 0 Å². The van der Waals surface area contributed by atoms with Crippen molar-refractivity contribution >= 4 is 11.6 Å². The van der Waals surface area contributed by atoms with Crippen molar-refractivity contribution in [2.75, 3.05) is 5.32 Å². The smallest absolute Gasteiger partial charge is 0.241 e. The van der Waals surface area contributed by atoms with Crippen molar-refractivity contribution in [3.8, 4) is 0 Å². The maximum absolute atomic E-state index is 11.8. The first kappa shape index (κ1) is 16.6. The Balaban J connectivity index is 0.00000137. The first-order chi connectivity index (χ1) is 8.56.